The second-order valence-electron chi connectivity index (χ2n) is 7.37. The maximum absolute atomic E-state index is 13.1. The van der Waals surface area contributed by atoms with Crippen LogP contribution in [-0.4, -0.2) is 62.3 Å². The van der Waals surface area contributed by atoms with Crippen molar-refractivity contribution in [2.45, 2.75) is 18.7 Å². The predicted octanol–water partition coefficient (Wildman–Crippen LogP) is 2.72. The van der Waals surface area contributed by atoms with E-state index in [0.29, 0.717) is 55.5 Å². The van der Waals surface area contributed by atoms with Crippen molar-refractivity contribution < 1.29 is 27.2 Å². The van der Waals surface area contributed by atoms with Crippen molar-refractivity contribution in [1.82, 2.24) is 15.0 Å². The van der Waals surface area contributed by atoms with E-state index < -0.39 is 10.0 Å². The van der Waals surface area contributed by atoms with Gasteiger partial charge in [-0.1, -0.05) is 17.3 Å². The Morgan fingerprint density at radius 2 is 1.88 bits per heavy atom. The number of amides is 1. The molecule has 0 saturated carbocycles. The van der Waals surface area contributed by atoms with E-state index in [1.165, 1.54) is 6.07 Å². The molecule has 1 aliphatic heterocycles. The summed E-state index contributed by atoms with van der Waals surface area (Å²) in [7, 11) is -3.89. The summed E-state index contributed by atoms with van der Waals surface area (Å²) >= 11 is 0. The van der Waals surface area contributed by atoms with Crippen LogP contribution in [0.25, 0.3) is 11.4 Å². The third kappa shape index (κ3) is 5.15. The molecule has 11 heteroatoms. The molecule has 0 radical (unpaired) electrons. The van der Waals surface area contributed by atoms with Crippen LogP contribution >= 0.6 is 0 Å². The molecule has 1 fully saturated rings. The number of benzene rings is 2. The standard InChI is InChI=1S/C22H24N4O6S/c1-3-31-18-8-6-17(7-9-18)25-33(28,29)19-14-16(5-4-15(19)2)20-23-21(32-24-20)22(27)26-10-12-30-13-11-26/h4-9,14,25H,3,10-13H2,1-2H3. The highest BCUT2D eigenvalue weighted by Gasteiger charge is 2.25. The number of anilines is 1. The van der Waals surface area contributed by atoms with Crippen molar-refractivity contribution in [2.75, 3.05) is 37.6 Å². The third-order valence-electron chi connectivity index (χ3n) is 5.06. The second-order valence-corrected chi connectivity index (χ2v) is 9.02. The summed E-state index contributed by atoms with van der Waals surface area (Å²) < 4.78 is 44.5. The van der Waals surface area contributed by atoms with E-state index in [4.69, 9.17) is 14.0 Å². The highest BCUT2D eigenvalue weighted by molar-refractivity contribution is 7.92. The fraction of sp³-hybridized carbons (Fsp3) is 0.318. The molecule has 0 bridgehead atoms. The molecular weight excluding hydrogens is 448 g/mol. The number of sulfonamides is 1. The van der Waals surface area contributed by atoms with E-state index in [0.717, 1.165) is 0 Å². The van der Waals surface area contributed by atoms with Gasteiger partial charge in [0.2, 0.25) is 5.82 Å². The molecule has 1 saturated heterocycles. The number of aromatic nitrogens is 2. The van der Waals surface area contributed by atoms with Crippen molar-refractivity contribution >= 4 is 21.6 Å². The van der Waals surface area contributed by atoms with E-state index >= 15 is 0 Å². The van der Waals surface area contributed by atoms with Crippen molar-refractivity contribution in [2.24, 2.45) is 0 Å². The van der Waals surface area contributed by atoms with Gasteiger partial charge in [-0.05, 0) is 49.7 Å². The van der Waals surface area contributed by atoms with E-state index in [9.17, 15) is 13.2 Å². The predicted molar refractivity (Wildman–Crippen MR) is 120 cm³/mol. The zero-order valence-electron chi connectivity index (χ0n) is 18.3. The fourth-order valence-electron chi connectivity index (χ4n) is 3.35. The van der Waals surface area contributed by atoms with Crippen LogP contribution in [0.15, 0.2) is 51.9 Å². The minimum atomic E-state index is -3.89. The number of aryl methyl sites for hydroxylation is 1. The molecule has 33 heavy (non-hydrogen) atoms. The lowest BCUT2D eigenvalue weighted by atomic mass is 10.1. The Kier molecular flexibility index (Phi) is 6.61. The Bertz CT molecular complexity index is 1230. The minimum Gasteiger partial charge on any atom is -0.494 e. The molecule has 4 rings (SSSR count). The van der Waals surface area contributed by atoms with Gasteiger partial charge in [-0.25, -0.2) is 8.42 Å². The van der Waals surface area contributed by atoms with Gasteiger partial charge in [0, 0.05) is 24.3 Å². The largest absolute Gasteiger partial charge is 0.494 e. The molecule has 0 spiro atoms. The van der Waals surface area contributed by atoms with Gasteiger partial charge >= 0.3 is 11.8 Å². The quantitative estimate of drug-likeness (QED) is 0.557. The first kappa shape index (κ1) is 22.7. The zero-order valence-corrected chi connectivity index (χ0v) is 19.1. The highest BCUT2D eigenvalue weighted by atomic mass is 32.2. The number of rotatable bonds is 7. The molecule has 0 atom stereocenters. The molecule has 174 valence electrons. The number of nitrogens with zero attached hydrogens (tertiary/aromatic N) is 3. The third-order valence-corrected chi connectivity index (χ3v) is 6.58. The minimum absolute atomic E-state index is 0.0692. The van der Waals surface area contributed by atoms with Gasteiger partial charge in [-0.3, -0.25) is 9.52 Å². The first-order valence-corrected chi connectivity index (χ1v) is 11.9. The van der Waals surface area contributed by atoms with Crippen molar-refractivity contribution in [3.63, 3.8) is 0 Å². The first-order valence-electron chi connectivity index (χ1n) is 10.4. The average molecular weight is 473 g/mol. The molecule has 1 N–H and O–H groups in total. The average Bonchev–Trinajstić information content (AvgIpc) is 3.31. The van der Waals surface area contributed by atoms with Gasteiger partial charge in [-0.2, -0.15) is 4.98 Å². The highest BCUT2D eigenvalue weighted by Crippen LogP contribution is 2.26. The van der Waals surface area contributed by atoms with Crippen LogP contribution < -0.4 is 9.46 Å². The van der Waals surface area contributed by atoms with Crippen LogP contribution in [0.4, 0.5) is 5.69 Å². The summed E-state index contributed by atoms with van der Waals surface area (Å²) in [5.74, 6) is 0.251. The van der Waals surface area contributed by atoms with Crippen molar-refractivity contribution in [1.29, 1.82) is 0 Å². The Balaban J connectivity index is 1.56. The number of hydrogen-bond acceptors (Lipinski definition) is 8. The summed E-state index contributed by atoms with van der Waals surface area (Å²) in [6.45, 7) is 5.88. The maximum Gasteiger partial charge on any atom is 0.316 e. The van der Waals surface area contributed by atoms with E-state index in [2.05, 4.69) is 14.9 Å². The number of carbonyl (C=O) groups is 1. The monoisotopic (exact) mass is 472 g/mol. The first-order chi connectivity index (χ1) is 15.9. The molecular formula is C22H24N4O6S. The van der Waals surface area contributed by atoms with Crippen LogP contribution in [0, 0.1) is 6.92 Å². The molecule has 10 nitrogen and oxygen atoms in total. The maximum atomic E-state index is 13.1. The SMILES string of the molecule is CCOc1ccc(NS(=O)(=O)c2cc(-c3noc(C(=O)N4CCOCC4)n3)ccc2C)cc1. The Morgan fingerprint density at radius 3 is 2.58 bits per heavy atom. The van der Waals surface area contributed by atoms with Gasteiger partial charge in [-0.15, -0.1) is 0 Å². The van der Waals surface area contributed by atoms with Gasteiger partial charge in [0.15, 0.2) is 0 Å². The number of ether oxygens (including phenoxy) is 2. The smallest absolute Gasteiger partial charge is 0.316 e. The summed E-state index contributed by atoms with van der Waals surface area (Å²) in [6, 6.07) is 11.4. The van der Waals surface area contributed by atoms with Gasteiger partial charge in [0.05, 0.1) is 24.7 Å². The number of morpholine rings is 1. The molecule has 0 aliphatic carbocycles. The van der Waals surface area contributed by atoms with E-state index in [1.807, 2.05) is 6.92 Å². The molecule has 1 amide bonds. The van der Waals surface area contributed by atoms with Crippen LogP contribution in [0.1, 0.15) is 23.2 Å². The van der Waals surface area contributed by atoms with Crippen LogP contribution in [0.2, 0.25) is 0 Å². The molecule has 1 aromatic heterocycles. The lowest BCUT2D eigenvalue weighted by molar-refractivity contribution is 0.0272. The lowest BCUT2D eigenvalue weighted by Gasteiger charge is -2.25. The molecule has 2 heterocycles. The lowest BCUT2D eigenvalue weighted by Crippen LogP contribution is -2.40. The summed E-state index contributed by atoms with van der Waals surface area (Å²) in [6.07, 6.45) is 0. The Hall–Kier alpha value is -3.44. The molecule has 2 aromatic carbocycles. The fourth-order valence-corrected chi connectivity index (χ4v) is 4.68. The number of nitrogens with one attached hydrogen (secondary N) is 1. The normalized spacial score (nSPS) is 14.2. The van der Waals surface area contributed by atoms with Crippen LogP contribution in [-0.2, 0) is 14.8 Å². The van der Waals surface area contributed by atoms with Crippen LogP contribution in [0.3, 0.4) is 0 Å². The summed E-state index contributed by atoms with van der Waals surface area (Å²) in [5.41, 5.74) is 1.36. The number of carbonyl (C=O) groups excluding carboxylic acids is 1. The molecule has 0 unspecified atom stereocenters. The second kappa shape index (κ2) is 9.59. The summed E-state index contributed by atoms with van der Waals surface area (Å²) in [4.78, 5) is 18.4. The Labute approximate surface area is 191 Å². The number of hydrogen-bond donors (Lipinski definition) is 1. The van der Waals surface area contributed by atoms with Crippen molar-refractivity contribution in [3.8, 4) is 17.1 Å². The van der Waals surface area contributed by atoms with Crippen molar-refractivity contribution in [3.05, 3.63) is 53.9 Å². The van der Waals surface area contributed by atoms with Gasteiger partial charge in [0.1, 0.15) is 5.75 Å². The topological polar surface area (TPSA) is 124 Å². The Morgan fingerprint density at radius 1 is 1.15 bits per heavy atom. The molecule has 3 aromatic rings. The van der Waals surface area contributed by atoms with E-state index in [-0.39, 0.29) is 22.5 Å². The summed E-state index contributed by atoms with van der Waals surface area (Å²) in [5, 5.41) is 3.87. The van der Waals surface area contributed by atoms with Gasteiger partial charge < -0.3 is 18.9 Å². The van der Waals surface area contributed by atoms with Crippen LogP contribution in [0.5, 0.6) is 5.75 Å². The van der Waals surface area contributed by atoms with E-state index in [1.54, 1.807) is 48.2 Å². The zero-order chi connectivity index (χ0) is 23.4. The molecule has 1 aliphatic rings. The van der Waals surface area contributed by atoms with Gasteiger partial charge in [0.25, 0.3) is 10.0 Å².